The summed E-state index contributed by atoms with van der Waals surface area (Å²) in [5.41, 5.74) is 2.27. The molecule has 2 aromatic carbocycles. The SMILES string of the molecule is O=C(Cn1nc(-c2ccccc2)ccc1=O)NCCCc1ccc(Cl)c(Cl)c1. The summed E-state index contributed by atoms with van der Waals surface area (Å²) in [4.78, 5) is 24.2. The molecule has 3 rings (SSSR count). The standard InChI is InChI=1S/C21H19Cl2N3O2/c22-17-9-8-15(13-18(17)23)5-4-12-24-20(27)14-26-21(28)11-10-19(25-26)16-6-2-1-3-7-16/h1-3,6-11,13H,4-5,12,14H2,(H,24,27). The zero-order valence-corrected chi connectivity index (χ0v) is 16.6. The molecule has 0 saturated heterocycles. The van der Waals surface area contributed by atoms with Crippen molar-refractivity contribution in [1.29, 1.82) is 0 Å². The Bertz CT molecular complexity index is 1020. The second-order valence-electron chi connectivity index (χ2n) is 6.28. The average molecular weight is 416 g/mol. The molecule has 0 aliphatic carbocycles. The molecule has 0 aliphatic rings. The highest BCUT2D eigenvalue weighted by atomic mass is 35.5. The molecule has 144 valence electrons. The lowest BCUT2D eigenvalue weighted by Gasteiger charge is -2.09. The minimum absolute atomic E-state index is 0.119. The van der Waals surface area contributed by atoms with E-state index in [2.05, 4.69) is 10.4 Å². The Labute approximate surface area is 172 Å². The van der Waals surface area contributed by atoms with E-state index in [1.54, 1.807) is 12.1 Å². The zero-order valence-electron chi connectivity index (χ0n) is 15.1. The van der Waals surface area contributed by atoms with Crippen LogP contribution in [0.25, 0.3) is 11.3 Å². The van der Waals surface area contributed by atoms with E-state index in [0.717, 1.165) is 24.0 Å². The topological polar surface area (TPSA) is 64.0 Å². The summed E-state index contributed by atoms with van der Waals surface area (Å²) in [6.07, 6.45) is 1.51. The Morgan fingerprint density at radius 2 is 1.79 bits per heavy atom. The summed E-state index contributed by atoms with van der Waals surface area (Å²) in [6.45, 7) is 0.373. The first-order valence-corrected chi connectivity index (χ1v) is 9.63. The molecule has 0 saturated carbocycles. The third kappa shape index (κ3) is 5.44. The van der Waals surface area contributed by atoms with Gasteiger partial charge in [0.15, 0.2) is 0 Å². The van der Waals surface area contributed by atoms with E-state index < -0.39 is 0 Å². The summed E-state index contributed by atoms with van der Waals surface area (Å²) < 4.78 is 1.18. The number of aromatic nitrogens is 2. The van der Waals surface area contributed by atoms with Crippen molar-refractivity contribution in [2.24, 2.45) is 0 Å². The fourth-order valence-corrected chi connectivity index (χ4v) is 3.05. The zero-order chi connectivity index (χ0) is 19.9. The number of hydrogen-bond acceptors (Lipinski definition) is 3. The van der Waals surface area contributed by atoms with Crippen molar-refractivity contribution in [3.8, 4) is 11.3 Å². The van der Waals surface area contributed by atoms with Crippen molar-refractivity contribution in [2.45, 2.75) is 19.4 Å². The third-order valence-corrected chi connectivity index (χ3v) is 4.92. The van der Waals surface area contributed by atoms with E-state index >= 15 is 0 Å². The lowest BCUT2D eigenvalue weighted by atomic mass is 10.1. The quantitative estimate of drug-likeness (QED) is 0.593. The molecule has 0 bridgehead atoms. The largest absolute Gasteiger partial charge is 0.354 e. The smallest absolute Gasteiger partial charge is 0.267 e. The van der Waals surface area contributed by atoms with Crippen LogP contribution in [0.1, 0.15) is 12.0 Å². The van der Waals surface area contributed by atoms with Gasteiger partial charge in [0, 0.05) is 18.2 Å². The Morgan fingerprint density at radius 3 is 2.54 bits per heavy atom. The van der Waals surface area contributed by atoms with E-state index in [1.165, 1.54) is 10.7 Å². The van der Waals surface area contributed by atoms with Crippen LogP contribution in [0, 0.1) is 0 Å². The maximum Gasteiger partial charge on any atom is 0.267 e. The van der Waals surface area contributed by atoms with E-state index in [1.807, 2.05) is 42.5 Å². The molecule has 0 spiro atoms. The lowest BCUT2D eigenvalue weighted by Crippen LogP contribution is -2.34. The van der Waals surface area contributed by atoms with Crippen molar-refractivity contribution >= 4 is 29.1 Å². The molecule has 0 radical (unpaired) electrons. The number of carbonyl (C=O) groups excluding carboxylic acids is 1. The van der Waals surface area contributed by atoms with Crippen molar-refractivity contribution < 1.29 is 4.79 Å². The highest BCUT2D eigenvalue weighted by Gasteiger charge is 2.08. The summed E-state index contributed by atoms with van der Waals surface area (Å²) in [7, 11) is 0. The minimum Gasteiger partial charge on any atom is -0.354 e. The number of rotatable bonds is 7. The minimum atomic E-state index is -0.314. The van der Waals surface area contributed by atoms with Crippen molar-refractivity contribution in [2.75, 3.05) is 6.54 Å². The predicted molar refractivity (Wildman–Crippen MR) is 112 cm³/mol. The van der Waals surface area contributed by atoms with Gasteiger partial charge < -0.3 is 5.32 Å². The third-order valence-electron chi connectivity index (χ3n) is 4.18. The van der Waals surface area contributed by atoms with E-state index in [-0.39, 0.29) is 18.0 Å². The summed E-state index contributed by atoms with van der Waals surface area (Å²) in [5, 5.41) is 8.15. The maximum absolute atomic E-state index is 12.2. The van der Waals surface area contributed by atoms with Crippen LogP contribution in [0.4, 0.5) is 0 Å². The molecule has 28 heavy (non-hydrogen) atoms. The van der Waals surface area contributed by atoms with Gasteiger partial charge >= 0.3 is 0 Å². The van der Waals surface area contributed by atoms with Gasteiger partial charge in [-0.1, -0.05) is 59.6 Å². The van der Waals surface area contributed by atoms with Crippen LogP contribution >= 0.6 is 23.2 Å². The monoisotopic (exact) mass is 415 g/mol. The number of nitrogens with zero attached hydrogens (tertiary/aromatic N) is 2. The Balaban J connectivity index is 1.53. The predicted octanol–water partition coefficient (Wildman–Crippen LogP) is 3.97. The van der Waals surface area contributed by atoms with Crippen LogP contribution in [0.3, 0.4) is 0 Å². The Kier molecular flexibility index (Phi) is 6.85. The first-order chi connectivity index (χ1) is 13.5. The molecule has 5 nitrogen and oxygen atoms in total. The number of halogens is 2. The number of amides is 1. The van der Waals surface area contributed by atoms with Crippen molar-refractivity contribution in [3.63, 3.8) is 0 Å². The van der Waals surface area contributed by atoms with Crippen LogP contribution in [0.15, 0.2) is 65.5 Å². The van der Waals surface area contributed by atoms with Crippen LogP contribution in [0.2, 0.25) is 10.0 Å². The van der Waals surface area contributed by atoms with Crippen LogP contribution in [-0.4, -0.2) is 22.2 Å². The normalized spacial score (nSPS) is 10.6. The molecule has 1 N–H and O–H groups in total. The number of carbonyl (C=O) groups is 1. The van der Waals surface area contributed by atoms with Gasteiger partial charge in [-0.15, -0.1) is 0 Å². The molecule has 3 aromatic rings. The highest BCUT2D eigenvalue weighted by molar-refractivity contribution is 6.42. The molecular weight excluding hydrogens is 397 g/mol. The van der Waals surface area contributed by atoms with Crippen molar-refractivity contribution in [1.82, 2.24) is 15.1 Å². The van der Waals surface area contributed by atoms with Crippen LogP contribution in [0.5, 0.6) is 0 Å². The van der Waals surface area contributed by atoms with Gasteiger partial charge in [0.1, 0.15) is 6.54 Å². The number of nitrogens with one attached hydrogen (secondary N) is 1. The van der Waals surface area contributed by atoms with Crippen molar-refractivity contribution in [3.05, 3.63) is 86.6 Å². The molecular formula is C21H19Cl2N3O2. The molecule has 0 aliphatic heterocycles. The molecule has 7 heteroatoms. The molecule has 0 unspecified atom stereocenters. The average Bonchev–Trinajstić information content (AvgIpc) is 2.70. The van der Waals surface area contributed by atoms with Gasteiger partial charge in [-0.25, -0.2) is 4.68 Å². The summed E-state index contributed by atoms with van der Waals surface area (Å²) >= 11 is 11.9. The first kappa shape index (κ1) is 20.1. The van der Waals surface area contributed by atoms with Gasteiger partial charge in [-0.05, 0) is 36.6 Å². The van der Waals surface area contributed by atoms with E-state index in [4.69, 9.17) is 23.2 Å². The number of benzene rings is 2. The molecule has 1 heterocycles. The fourth-order valence-electron chi connectivity index (χ4n) is 2.73. The first-order valence-electron chi connectivity index (χ1n) is 8.87. The van der Waals surface area contributed by atoms with E-state index in [9.17, 15) is 9.59 Å². The second kappa shape index (κ2) is 9.53. The van der Waals surface area contributed by atoms with Gasteiger partial charge in [-0.3, -0.25) is 9.59 Å². The van der Waals surface area contributed by atoms with Gasteiger partial charge in [0.2, 0.25) is 5.91 Å². The molecule has 0 fully saturated rings. The Hall–Kier alpha value is -2.63. The summed E-state index contributed by atoms with van der Waals surface area (Å²) in [5.74, 6) is -0.256. The van der Waals surface area contributed by atoms with Gasteiger partial charge in [0.25, 0.3) is 5.56 Å². The summed E-state index contributed by atoms with van der Waals surface area (Å²) in [6, 6.07) is 18.1. The molecule has 1 aromatic heterocycles. The number of aryl methyl sites for hydroxylation is 1. The van der Waals surface area contributed by atoms with Crippen LogP contribution in [-0.2, 0) is 17.8 Å². The van der Waals surface area contributed by atoms with Crippen LogP contribution < -0.4 is 10.9 Å². The highest BCUT2D eigenvalue weighted by Crippen LogP contribution is 2.23. The maximum atomic E-state index is 12.2. The van der Waals surface area contributed by atoms with Gasteiger partial charge in [0.05, 0.1) is 15.7 Å². The second-order valence-corrected chi connectivity index (χ2v) is 7.10. The molecule has 1 amide bonds. The molecule has 0 atom stereocenters. The number of hydrogen-bond donors (Lipinski definition) is 1. The Morgan fingerprint density at radius 1 is 1.00 bits per heavy atom. The van der Waals surface area contributed by atoms with Gasteiger partial charge in [-0.2, -0.15) is 5.10 Å². The fraction of sp³-hybridized carbons (Fsp3) is 0.190. The lowest BCUT2D eigenvalue weighted by molar-refractivity contribution is -0.121. The van der Waals surface area contributed by atoms with E-state index in [0.29, 0.717) is 22.3 Å².